The number of urea groups is 1. The molecule has 0 aromatic rings. The quantitative estimate of drug-likeness (QED) is 0.506. The van der Waals surface area contributed by atoms with Crippen molar-refractivity contribution in [2.75, 3.05) is 13.6 Å². The van der Waals surface area contributed by atoms with Crippen molar-refractivity contribution in [3.05, 3.63) is 0 Å². The summed E-state index contributed by atoms with van der Waals surface area (Å²) in [5, 5.41) is 4.97. The number of hydrogen-bond acceptors (Lipinski definition) is 1. The van der Waals surface area contributed by atoms with Crippen molar-refractivity contribution in [3.63, 3.8) is 0 Å². The van der Waals surface area contributed by atoms with Gasteiger partial charge < -0.3 is 10.6 Å². The Bertz CT molecular complexity index is 155. The van der Waals surface area contributed by atoms with Crippen LogP contribution < -0.4 is 10.6 Å². The molecule has 0 spiro atoms. The molecule has 2 amide bonds. The van der Waals surface area contributed by atoms with Gasteiger partial charge in [-0.3, -0.25) is 0 Å². The third kappa shape index (κ3) is 4.98. The van der Waals surface area contributed by atoms with E-state index in [4.69, 9.17) is 0 Å². The summed E-state index contributed by atoms with van der Waals surface area (Å²) in [6, 6.07) is -0.189. The molecule has 3 nitrogen and oxygen atoms in total. The standard InChI is InChI=1S/C7H12N2O/c1-3-4-5-6-9-7(10)8-2/h3,6H2,1-2H3,(H2,8,9,10). The zero-order valence-electron chi connectivity index (χ0n) is 6.32. The topological polar surface area (TPSA) is 41.1 Å². The molecule has 10 heavy (non-hydrogen) atoms. The first kappa shape index (κ1) is 8.83. The minimum Gasteiger partial charge on any atom is -0.341 e. The highest BCUT2D eigenvalue weighted by Gasteiger charge is 1.88. The number of rotatable bonds is 1. The van der Waals surface area contributed by atoms with E-state index < -0.39 is 0 Å². The highest BCUT2D eigenvalue weighted by atomic mass is 16.2. The summed E-state index contributed by atoms with van der Waals surface area (Å²) >= 11 is 0. The monoisotopic (exact) mass is 140 g/mol. The largest absolute Gasteiger partial charge is 0.341 e. The molecule has 0 saturated carbocycles. The molecule has 3 heteroatoms. The van der Waals surface area contributed by atoms with Gasteiger partial charge in [-0.25, -0.2) is 4.79 Å². The molecule has 0 unspecified atom stereocenters. The molecule has 0 heterocycles. The van der Waals surface area contributed by atoms with Gasteiger partial charge in [-0.2, -0.15) is 0 Å². The van der Waals surface area contributed by atoms with Crippen molar-refractivity contribution >= 4 is 6.03 Å². The van der Waals surface area contributed by atoms with Crippen molar-refractivity contribution in [1.82, 2.24) is 10.6 Å². The van der Waals surface area contributed by atoms with Crippen molar-refractivity contribution in [3.8, 4) is 11.8 Å². The fraction of sp³-hybridized carbons (Fsp3) is 0.571. The number of hydrogen-bond donors (Lipinski definition) is 2. The normalized spacial score (nSPS) is 7.40. The molecule has 0 saturated heterocycles. The van der Waals surface area contributed by atoms with E-state index >= 15 is 0 Å². The summed E-state index contributed by atoms with van der Waals surface area (Å²) in [6.45, 7) is 2.39. The average Bonchev–Trinajstić information content (AvgIpc) is 1.98. The molecule has 0 rings (SSSR count). The predicted octanol–water partition coefficient (Wildman–Crippen LogP) is 0.329. The van der Waals surface area contributed by atoms with E-state index in [9.17, 15) is 4.79 Å². The van der Waals surface area contributed by atoms with Gasteiger partial charge in [-0.1, -0.05) is 12.8 Å². The summed E-state index contributed by atoms with van der Waals surface area (Å²) in [5.41, 5.74) is 0. The number of nitrogens with one attached hydrogen (secondary N) is 2. The van der Waals surface area contributed by atoms with E-state index in [1.807, 2.05) is 6.92 Å². The van der Waals surface area contributed by atoms with E-state index in [0.29, 0.717) is 6.54 Å². The van der Waals surface area contributed by atoms with Crippen LogP contribution in [0.15, 0.2) is 0 Å². The molecule has 56 valence electrons. The molecule has 0 fully saturated rings. The first-order chi connectivity index (χ1) is 4.81. The number of amides is 2. The Hall–Kier alpha value is -1.17. The predicted molar refractivity (Wildman–Crippen MR) is 40.5 cm³/mol. The van der Waals surface area contributed by atoms with E-state index in [0.717, 1.165) is 6.42 Å². The van der Waals surface area contributed by atoms with Crippen LogP contribution in [0.5, 0.6) is 0 Å². The van der Waals surface area contributed by atoms with Crippen molar-refractivity contribution < 1.29 is 4.79 Å². The Kier molecular flexibility index (Phi) is 5.26. The van der Waals surface area contributed by atoms with Crippen LogP contribution in [0.3, 0.4) is 0 Å². The highest BCUT2D eigenvalue weighted by molar-refractivity contribution is 5.73. The third-order valence-corrected chi connectivity index (χ3v) is 0.866. The lowest BCUT2D eigenvalue weighted by Crippen LogP contribution is -2.32. The third-order valence-electron chi connectivity index (χ3n) is 0.866. The van der Waals surface area contributed by atoms with Crippen LogP contribution >= 0.6 is 0 Å². The molecule has 2 N–H and O–H groups in total. The van der Waals surface area contributed by atoms with Crippen molar-refractivity contribution in [2.45, 2.75) is 13.3 Å². The van der Waals surface area contributed by atoms with Crippen LogP contribution in [0.4, 0.5) is 4.79 Å². The molecule has 0 aromatic heterocycles. The van der Waals surface area contributed by atoms with Crippen molar-refractivity contribution in [1.29, 1.82) is 0 Å². The molecular formula is C7H12N2O. The molecular weight excluding hydrogens is 128 g/mol. The molecule has 0 atom stereocenters. The Morgan fingerprint density at radius 1 is 1.50 bits per heavy atom. The van der Waals surface area contributed by atoms with Crippen LogP contribution in [0.2, 0.25) is 0 Å². The maximum Gasteiger partial charge on any atom is 0.315 e. The second-order valence-electron chi connectivity index (χ2n) is 1.64. The van der Waals surface area contributed by atoms with Gasteiger partial charge in [0.1, 0.15) is 0 Å². The number of carbonyl (C=O) groups excluding carboxylic acids is 1. The Morgan fingerprint density at radius 3 is 2.70 bits per heavy atom. The second kappa shape index (κ2) is 5.96. The van der Waals surface area contributed by atoms with Crippen LogP contribution in [0.1, 0.15) is 13.3 Å². The fourth-order valence-electron chi connectivity index (χ4n) is 0.400. The lowest BCUT2D eigenvalue weighted by molar-refractivity contribution is 0.244. The van der Waals surface area contributed by atoms with E-state index in [-0.39, 0.29) is 6.03 Å². The maximum absolute atomic E-state index is 10.5. The van der Waals surface area contributed by atoms with Gasteiger partial charge in [-0.15, -0.1) is 5.92 Å². The molecule has 0 aliphatic rings. The molecule has 0 radical (unpaired) electrons. The first-order valence-electron chi connectivity index (χ1n) is 3.22. The van der Waals surface area contributed by atoms with E-state index in [1.165, 1.54) is 0 Å². The van der Waals surface area contributed by atoms with Gasteiger partial charge in [-0.05, 0) is 0 Å². The summed E-state index contributed by atoms with van der Waals surface area (Å²) in [7, 11) is 1.57. The minimum absolute atomic E-state index is 0.189. The SMILES string of the molecule is CCC#CCNC(=O)NC. The smallest absolute Gasteiger partial charge is 0.315 e. The van der Waals surface area contributed by atoms with Gasteiger partial charge >= 0.3 is 6.03 Å². The summed E-state index contributed by atoms with van der Waals surface area (Å²) in [6.07, 6.45) is 0.829. The molecule has 0 bridgehead atoms. The first-order valence-corrected chi connectivity index (χ1v) is 3.22. The molecule has 0 aliphatic carbocycles. The van der Waals surface area contributed by atoms with E-state index in [2.05, 4.69) is 22.5 Å². The van der Waals surface area contributed by atoms with Crippen molar-refractivity contribution in [2.24, 2.45) is 0 Å². The summed E-state index contributed by atoms with van der Waals surface area (Å²) in [5.74, 6) is 5.61. The fourth-order valence-corrected chi connectivity index (χ4v) is 0.400. The Morgan fingerprint density at radius 2 is 2.20 bits per heavy atom. The van der Waals surface area contributed by atoms with Crippen LogP contribution in [-0.2, 0) is 0 Å². The zero-order chi connectivity index (χ0) is 7.82. The lowest BCUT2D eigenvalue weighted by atomic mass is 10.5. The lowest BCUT2D eigenvalue weighted by Gasteiger charge is -1.96. The summed E-state index contributed by atoms with van der Waals surface area (Å²) in [4.78, 5) is 10.5. The van der Waals surface area contributed by atoms with Gasteiger partial charge in [0.15, 0.2) is 0 Å². The van der Waals surface area contributed by atoms with Gasteiger partial charge in [0.2, 0.25) is 0 Å². The highest BCUT2D eigenvalue weighted by Crippen LogP contribution is 1.65. The molecule has 0 aliphatic heterocycles. The van der Waals surface area contributed by atoms with Crippen LogP contribution in [0, 0.1) is 11.8 Å². The van der Waals surface area contributed by atoms with Crippen LogP contribution in [-0.4, -0.2) is 19.6 Å². The molecule has 0 aromatic carbocycles. The zero-order valence-corrected chi connectivity index (χ0v) is 6.32. The number of carbonyl (C=O) groups is 1. The maximum atomic E-state index is 10.5. The second-order valence-corrected chi connectivity index (χ2v) is 1.64. The van der Waals surface area contributed by atoms with Crippen LogP contribution in [0.25, 0.3) is 0 Å². The Labute approximate surface area is 61.2 Å². The van der Waals surface area contributed by atoms with Gasteiger partial charge in [0.25, 0.3) is 0 Å². The Balaban J connectivity index is 3.27. The minimum atomic E-state index is -0.189. The summed E-state index contributed by atoms with van der Waals surface area (Å²) < 4.78 is 0. The average molecular weight is 140 g/mol. The van der Waals surface area contributed by atoms with Gasteiger partial charge in [0, 0.05) is 13.5 Å². The van der Waals surface area contributed by atoms with Gasteiger partial charge in [0.05, 0.1) is 6.54 Å². The van der Waals surface area contributed by atoms with E-state index in [1.54, 1.807) is 7.05 Å².